The van der Waals surface area contributed by atoms with Crippen LogP contribution in [0.1, 0.15) is 42.5 Å². The molecule has 3 heteroatoms. The van der Waals surface area contributed by atoms with E-state index in [1.165, 1.54) is 32.8 Å². The second kappa shape index (κ2) is 5.43. The minimum atomic E-state index is -0.266. The lowest BCUT2D eigenvalue weighted by molar-refractivity contribution is 0.314. The highest BCUT2D eigenvalue weighted by Gasteiger charge is 2.39. The maximum Gasteiger partial charge on any atom is 0.165 e. The molecule has 0 radical (unpaired) electrons. The van der Waals surface area contributed by atoms with Crippen molar-refractivity contribution in [1.82, 2.24) is 0 Å². The van der Waals surface area contributed by atoms with Gasteiger partial charge in [0.25, 0.3) is 0 Å². The molecule has 2 bridgehead atoms. The Morgan fingerprint density at radius 3 is 2.79 bits per heavy atom. The smallest absolute Gasteiger partial charge is 0.165 e. The van der Waals surface area contributed by atoms with Crippen molar-refractivity contribution in [3.63, 3.8) is 0 Å². The monoisotopic (exact) mass is 326 g/mol. The summed E-state index contributed by atoms with van der Waals surface area (Å²) in [6.07, 6.45) is 6.79. The number of hydrogen-bond acceptors (Lipinski definition) is 1. The summed E-state index contributed by atoms with van der Waals surface area (Å²) in [6.45, 7) is 0. The average Bonchev–Trinajstić information content (AvgIpc) is 3.00. The fourth-order valence-electron chi connectivity index (χ4n) is 3.94. The van der Waals surface area contributed by atoms with E-state index in [-0.39, 0.29) is 10.6 Å². The van der Waals surface area contributed by atoms with E-state index in [1.807, 2.05) is 6.07 Å². The number of alkyl halides is 1. The number of ether oxygens (including phenoxy) is 1. The van der Waals surface area contributed by atoms with Crippen molar-refractivity contribution in [2.75, 3.05) is 7.11 Å². The first-order chi connectivity index (χ1) is 9.17. The van der Waals surface area contributed by atoms with Crippen molar-refractivity contribution in [2.45, 2.75) is 36.9 Å². The first-order valence-corrected chi connectivity index (χ1v) is 8.06. The molecule has 19 heavy (non-hydrogen) atoms. The van der Waals surface area contributed by atoms with Gasteiger partial charge in [-0.15, -0.1) is 0 Å². The molecule has 2 fully saturated rings. The molecule has 4 unspecified atom stereocenters. The van der Waals surface area contributed by atoms with Gasteiger partial charge in [-0.2, -0.15) is 0 Å². The summed E-state index contributed by atoms with van der Waals surface area (Å²) >= 11 is 3.74. The standard InChI is InChI=1S/C16H20BrFO/c1-19-16-5-4-12(9-15(16)18)14(17)8-13-7-10-2-3-11(13)6-10/h4-5,9-11,13-14H,2-3,6-8H2,1H3. The number of halogens is 2. The molecule has 0 aromatic heterocycles. The second-order valence-electron chi connectivity index (χ2n) is 6.03. The van der Waals surface area contributed by atoms with Crippen molar-refractivity contribution in [3.8, 4) is 5.75 Å². The maximum absolute atomic E-state index is 13.7. The third-order valence-electron chi connectivity index (χ3n) is 4.93. The third kappa shape index (κ3) is 2.67. The van der Waals surface area contributed by atoms with Crippen LogP contribution >= 0.6 is 15.9 Å². The summed E-state index contributed by atoms with van der Waals surface area (Å²) in [5.41, 5.74) is 1.03. The molecule has 1 nitrogen and oxygen atoms in total. The Kier molecular flexibility index (Phi) is 3.84. The van der Waals surface area contributed by atoms with Gasteiger partial charge in [-0.05, 0) is 61.1 Å². The fraction of sp³-hybridized carbons (Fsp3) is 0.625. The van der Waals surface area contributed by atoms with Crippen LogP contribution in [0.4, 0.5) is 4.39 Å². The minimum Gasteiger partial charge on any atom is -0.494 e. The van der Waals surface area contributed by atoms with E-state index in [4.69, 9.17) is 4.74 Å². The highest BCUT2D eigenvalue weighted by atomic mass is 79.9. The molecule has 104 valence electrons. The summed E-state index contributed by atoms with van der Waals surface area (Å²) in [6, 6.07) is 5.29. The van der Waals surface area contributed by atoms with Crippen molar-refractivity contribution >= 4 is 15.9 Å². The van der Waals surface area contributed by atoms with Crippen molar-refractivity contribution in [1.29, 1.82) is 0 Å². The lowest BCUT2D eigenvalue weighted by Crippen LogP contribution is -2.12. The Hall–Kier alpha value is -0.570. The molecule has 0 aliphatic heterocycles. The van der Waals surface area contributed by atoms with Gasteiger partial charge >= 0.3 is 0 Å². The fourth-order valence-corrected chi connectivity index (χ4v) is 4.71. The van der Waals surface area contributed by atoms with Crippen LogP contribution in [0.3, 0.4) is 0 Å². The molecule has 3 rings (SSSR count). The van der Waals surface area contributed by atoms with E-state index >= 15 is 0 Å². The summed E-state index contributed by atoms with van der Waals surface area (Å²) in [5, 5.41) is 0. The van der Waals surface area contributed by atoms with Crippen LogP contribution in [0.5, 0.6) is 5.75 Å². The summed E-state index contributed by atoms with van der Waals surface area (Å²) in [5.74, 6) is 2.78. The van der Waals surface area contributed by atoms with Crippen molar-refractivity contribution in [3.05, 3.63) is 29.6 Å². The first-order valence-electron chi connectivity index (χ1n) is 7.15. The molecule has 2 aliphatic carbocycles. The van der Waals surface area contributed by atoms with E-state index in [9.17, 15) is 4.39 Å². The quantitative estimate of drug-likeness (QED) is 0.700. The molecule has 4 atom stereocenters. The van der Waals surface area contributed by atoms with Gasteiger partial charge in [-0.25, -0.2) is 4.39 Å². The van der Waals surface area contributed by atoms with Crippen LogP contribution in [0.15, 0.2) is 18.2 Å². The van der Waals surface area contributed by atoms with E-state index in [0.29, 0.717) is 5.75 Å². The summed E-state index contributed by atoms with van der Waals surface area (Å²) in [4.78, 5) is 0.261. The van der Waals surface area contributed by atoms with E-state index in [1.54, 1.807) is 12.1 Å². The van der Waals surface area contributed by atoms with E-state index < -0.39 is 0 Å². The Balaban J connectivity index is 1.67. The molecule has 2 aliphatic rings. The molecule has 0 heterocycles. The maximum atomic E-state index is 13.7. The number of methoxy groups -OCH3 is 1. The number of hydrogen-bond donors (Lipinski definition) is 0. The highest BCUT2D eigenvalue weighted by molar-refractivity contribution is 9.09. The number of benzene rings is 1. The van der Waals surface area contributed by atoms with Gasteiger partial charge in [-0.3, -0.25) is 0 Å². The van der Waals surface area contributed by atoms with Gasteiger partial charge in [0.15, 0.2) is 11.6 Å². The van der Waals surface area contributed by atoms with Gasteiger partial charge < -0.3 is 4.74 Å². The second-order valence-corrected chi connectivity index (χ2v) is 7.14. The van der Waals surface area contributed by atoms with Gasteiger partial charge in [-0.1, -0.05) is 28.4 Å². The molecule has 0 amide bonds. The van der Waals surface area contributed by atoms with Crippen LogP contribution in [0.2, 0.25) is 0 Å². The van der Waals surface area contributed by atoms with Gasteiger partial charge in [0, 0.05) is 4.83 Å². The Morgan fingerprint density at radius 2 is 2.21 bits per heavy atom. The summed E-state index contributed by atoms with van der Waals surface area (Å²) in [7, 11) is 1.50. The molecule has 0 N–H and O–H groups in total. The summed E-state index contributed by atoms with van der Waals surface area (Å²) < 4.78 is 18.7. The normalized spacial score (nSPS) is 30.6. The van der Waals surface area contributed by atoms with Crippen molar-refractivity contribution < 1.29 is 9.13 Å². The molecule has 0 spiro atoms. The highest BCUT2D eigenvalue weighted by Crippen LogP contribution is 2.52. The Morgan fingerprint density at radius 1 is 1.37 bits per heavy atom. The molecular weight excluding hydrogens is 307 g/mol. The van der Waals surface area contributed by atoms with Crippen LogP contribution in [0.25, 0.3) is 0 Å². The van der Waals surface area contributed by atoms with Crippen molar-refractivity contribution in [2.24, 2.45) is 17.8 Å². The predicted octanol–water partition coefficient (Wildman–Crippen LogP) is 5.10. The zero-order valence-corrected chi connectivity index (χ0v) is 12.8. The topological polar surface area (TPSA) is 9.23 Å². The molecule has 0 saturated heterocycles. The van der Waals surface area contributed by atoms with Gasteiger partial charge in [0.05, 0.1) is 7.11 Å². The molecule has 2 saturated carbocycles. The van der Waals surface area contributed by atoms with Crippen LogP contribution in [-0.2, 0) is 0 Å². The SMILES string of the molecule is COc1ccc(C(Br)CC2CC3CCC2C3)cc1F. The number of rotatable bonds is 4. The van der Waals surface area contributed by atoms with Crippen LogP contribution < -0.4 is 4.74 Å². The lowest BCUT2D eigenvalue weighted by atomic mass is 9.84. The Labute approximate surface area is 122 Å². The Bertz CT molecular complexity index is 462. The van der Waals surface area contributed by atoms with E-state index in [0.717, 1.165) is 29.7 Å². The average molecular weight is 327 g/mol. The van der Waals surface area contributed by atoms with Gasteiger partial charge in [0.2, 0.25) is 0 Å². The first kappa shape index (κ1) is 13.4. The molecule has 1 aromatic carbocycles. The van der Waals surface area contributed by atoms with Crippen LogP contribution in [0, 0.1) is 23.6 Å². The lowest BCUT2D eigenvalue weighted by Gasteiger charge is -2.24. The largest absolute Gasteiger partial charge is 0.494 e. The zero-order valence-electron chi connectivity index (χ0n) is 11.2. The molecular formula is C16H20BrFO. The van der Waals surface area contributed by atoms with Gasteiger partial charge in [0.1, 0.15) is 0 Å². The zero-order chi connectivity index (χ0) is 13.4. The van der Waals surface area contributed by atoms with Crippen LogP contribution in [-0.4, -0.2) is 7.11 Å². The van der Waals surface area contributed by atoms with E-state index in [2.05, 4.69) is 15.9 Å². The minimum absolute atomic E-state index is 0.261. The third-order valence-corrected chi connectivity index (χ3v) is 5.83. The number of fused-ring (bicyclic) bond motifs is 2. The molecule has 1 aromatic rings. The predicted molar refractivity (Wildman–Crippen MR) is 78.2 cm³/mol.